The van der Waals surface area contributed by atoms with Gasteiger partial charge in [-0.1, -0.05) is 170 Å². The molecular formula is C71H45N3O. The average Bonchev–Trinajstić information content (AvgIpc) is 4.24. The van der Waals surface area contributed by atoms with Crippen molar-refractivity contribution in [1.82, 2.24) is 4.57 Å². The van der Waals surface area contributed by atoms with Gasteiger partial charge in [0, 0.05) is 61.5 Å². The summed E-state index contributed by atoms with van der Waals surface area (Å²) in [4.78, 5) is 4.78. The van der Waals surface area contributed by atoms with E-state index in [2.05, 4.69) is 287 Å². The van der Waals surface area contributed by atoms with E-state index in [1.54, 1.807) is 0 Å². The molecule has 75 heavy (non-hydrogen) atoms. The minimum absolute atomic E-state index is 0.736. The SMILES string of the molecule is c1ccc(N(c2ccccc2)c2ccc3c(c2)-c2c(ccc4c2oc2c4ccc4c2c2ccccc2n4-c2ccccc2)C32c3cc(N(c4ccccc4)c4ccccc4)ccc3-c3ccc4ccccc4c32)cc1. The number of furan rings is 1. The molecule has 350 valence electrons. The second kappa shape index (κ2) is 16.1. The van der Waals surface area contributed by atoms with Gasteiger partial charge in [-0.15, -0.1) is 0 Å². The molecule has 0 saturated heterocycles. The first kappa shape index (κ1) is 41.7. The fourth-order valence-electron chi connectivity index (χ4n) is 13.1. The van der Waals surface area contributed by atoms with Crippen LogP contribution in [0.2, 0.25) is 0 Å². The van der Waals surface area contributed by atoms with Gasteiger partial charge >= 0.3 is 0 Å². The van der Waals surface area contributed by atoms with Crippen LogP contribution in [0.5, 0.6) is 0 Å². The molecule has 0 aliphatic heterocycles. The predicted molar refractivity (Wildman–Crippen MR) is 311 cm³/mol. The number of para-hydroxylation sites is 6. The standard InChI is InChI=1S/C71H45N3O/c1-6-21-47(22-7-1)72(48-23-8-2-9-24-48)52-36-41-61-60(44-52)66-62(42-39-57-58-40-43-65-67(70(58)75-69(57)66)59-32-18-19-33-64(59)74(65)51-29-14-5-15-30-51)71(61)63-45-53(73(49-25-10-3-11-26-49)50-27-12-4-13-28-50)35-38-55(63)56-37-34-46-20-16-17-31-54(46)68(56)71/h1-45H. The molecular weight excluding hydrogens is 911 g/mol. The largest absolute Gasteiger partial charge is 0.455 e. The second-order valence-corrected chi connectivity index (χ2v) is 19.9. The lowest BCUT2D eigenvalue weighted by Gasteiger charge is -2.33. The van der Waals surface area contributed by atoms with Crippen LogP contribution >= 0.6 is 0 Å². The van der Waals surface area contributed by atoms with Crippen molar-refractivity contribution in [2.24, 2.45) is 0 Å². The third kappa shape index (κ3) is 5.88. The molecule has 2 aliphatic rings. The van der Waals surface area contributed by atoms with E-state index in [0.29, 0.717) is 0 Å². The lowest BCUT2D eigenvalue weighted by Crippen LogP contribution is -2.26. The first-order chi connectivity index (χ1) is 37.2. The molecule has 12 aromatic carbocycles. The van der Waals surface area contributed by atoms with Crippen LogP contribution in [0, 0.1) is 0 Å². The third-order valence-electron chi connectivity index (χ3n) is 16.1. The zero-order valence-corrected chi connectivity index (χ0v) is 40.7. The summed E-state index contributed by atoms with van der Waals surface area (Å²) in [6, 6.07) is 99.9. The van der Waals surface area contributed by atoms with Crippen LogP contribution in [0.3, 0.4) is 0 Å². The quantitative estimate of drug-likeness (QED) is 0.159. The first-order valence-electron chi connectivity index (χ1n) is 25.8. The maximum Gasteiger partial charge on any atom is 0.145 e. The van der Waals surface area contributed by atoms with E-state index in [-0.39, 0.29) is 0 Å². The predicted octanol–water partition coefficient (Wildman–Crippen LogP) is 19.1. The summed E-state index contributed by atoms with van der Waals surface area (Å²) in [5, 5.41) is 6.94. The Morgan fingerprint density at radius 2 is 0.840 bits per heavy atom. The molecule has 2 aliphatic carbocycles. The average molecular weight is 956 g/mol. The third-order valence-corrected chi connectivity index (χ3v) is 16.1. The Hall–Kier alpha value is -9.90. The lowest BCUT2D eigenvalue weighted by molar-refractivity contribution is 0.673. The summed E-state index contributed by atoms with van der Waals surface area (Å²) in [6.45, 7) is 0. The molecule has 0 N–H and O–H groups in total. The lowest BCUT2D eigenvalue weighted by atomic mass is 9.69. The molecule has 16 rings (SSSR count). The summed E-state index contributed by atoms with van der Waals surface area (Å²) in [6.07, 6.45) is 0. The molecule has 0 amide bonds. The van der Waals surface area contributed by atoms with Gasteiger partial charge in [-0.2, -0.15) is 0 Å². The summed E-state index contributed by atoms with van der Waals surface area (Å²) in [7, 11) is 0. The van der Waals surface area contributed by atoms with Crippen molar-refractivity contribution in [2.75, 3.05) is 9.80 Å². The maximum absolute atomic E-state index is 7.70. The first-order valence-corrected chi connectivity index (χ1v) is 25.8. The van der Waals surface area contributed by atoms with Crippen molar-refractivity contribution in [2.45, 2.75) is 5.41 Å². The number of hydrogen-bond acceptors (Lipinski definition) is 3. The molecule has 0 saturated carbocycles. The molecule has 2 aromatic heterocycles. The van der Waals surface area contributed by atoms with Gasteiger partial charge in [-0.05, 0) is 153 Å². The van der Waals surface area contributed by atoms with Gasteiger partial charge in [-0.3, -0.25) is 0 Å². The number of hydrogen-bond donors (Lipinski definition) is 0. The number of aromatic nitrogens is 1. The highest BCUT2D eigenvalue weighted by atomic mass is 16.3. The Morgan fingerprint density at radius 3 is 1.51 bits per heavy atom. The topological polar surface area (TPSA) is 24.6 Å². The van der Waals surface area contributed by atoms with E-state index in [0.717, 1.165) is 94.7 Å². The molecule has 0 radical (unpaired) electrons. The van der Waals surface area contributed by atoms with Crippen LogP contribution in [-0.2, 0) is 5.41 Å². The van der Waals surface area contributed by atoms with Crippen LogP contribution < -0.4 is 9.80 Å². The zero-order chi connectivity index (χ0) is 49.2. The summed E-state index contributed by atoms with van der Waals surface area (Å²) >= 11 is 0. The van der Waals surface area contributed by atoms with Gasteiger partial charge in [0.25, 0.3) is 0 Å². The fraction of sp³-hybridized carbons (Fsp3) is 0.0141. The number of fused-ring (bicyclic) bond motifs is 20. The highest BCUT2D eigenvalue weighted by Gasteiger charge is 2.54. The molecule has 1 atom stereocenters. The minimum atomic E-state index is -0.736. The summed E-state index contributed by atoms with van der Waals surface area (Å²) in [5.41, 5.74) is 20.8. The zero-order valence-electron chi connectivity index (χ0n) is 40.7. The van der Waals surface area contributed by atoms with Gasteiger partial charge < -0.3 is 18.8 Å². The van der Waals surface area contributed by atoms with Crippen molar-refractivity contribution < 1.29 is 4.42 Å². The number of nitrogens with zero attached hydrogens (tertiary/aromatic N) is 3. The van der Waals surface area contributed by atoms with E-state index >= 15 is 0 Å². The van der Waals surface area contributed by atoms with Crippen LogP contribution in [0.1, 0.15) is 22.3 Å². The van der Waals surface area contributed by atoms with Gasteiger partial charge in [0.15, 0.2) is 0 Å². The highest BCUT2D eigenvalue weighted by molar-refractivity contribution is 6.25. The molecule has 2 heterocycles. The Kier molecular flexibility index (Phi) is 8.92. The number of benzene rings is 12. The molecule has 0 fully saturated rings. The van der Waals surface area contributed by atoms with Crippen LogP contribution in [0.25, 0.3) is 82.5 Å². The molecule has 1 spiro atoms. The highest BCUT2D eigenvalue weighted by Crippen LogP contribution is 2.66. The minimum Gasteiger partial charge on any atom is -0.455 e. The monoisotopic (exact) mass is 955 g/mol. The molecule has 4 heteroatoms. The van der Waals surface area contributed by atoms with Gasteiger partial charge in [-0.25, -0.2) is 0 Å². The number of rotatable bonds is 7. The smallest absolute Gasteiger partial charge is 0.145 e. The maximum atomic E-state index is 7.70. The van der Waals surface area contributed by atoms with Crippen molar-refractivity contribution in [1.29, 1.82) is 0 Å². The van der Waals surface area contributed by atoms with Crippen molar-refractivity contribution >= 4 is 88.6 Å². The van der Waals surface area contributed by atoms with Crippen molar-refractivity contribution in [3.05, 3.63) is 295 Å². The molecule has 4 nitrogen and oxygen atoms in total. The van der Waals surface area contributed by atoms with Crippen LogP contribution in [-0.4, -0.2) is 4.57 Å². The van der Waals surface area contributed by atoms with E-state index in [4.69, 9.17) is 4.42 Å². The second-order valence-electron chi connectivity index (χ2n) is 19.9. The number of anilines is 6. The molecule has 1 unspecified atom stereocenters. The van der Waals surface area contributed by atoms with E-state index < -0.39 is 5.41 Å². The van der Waals surface area contributed by atoms with Crippen molar-refractivity contribution in [3.63, 3.8) is 0 Å². The Bertz CT molecular complexity index is 4500. The van der Waals surface area contributed by atoms with Gasteiger partial charge in [0.05, 0.1) is 21.8 Å². The summed E-state index contributed by atoms with van der Waals surface area (Å²) in [5.74, 6) is 0. The van der Waals surface area contributed by atoms with Crippen LogP contribution in [0.4, 0.5) is 34.1 Å². The Labute approximate surface area is 433 Å². The summed E-state index contributed by atoms with van der Waals surface area (Å²) < 4.78 is 10.1. The van der Waals surface area contributed by atoms with E-state index in [9.17, 15) is 0 Å². The van der Waals surface area contributed by atoms with Crippen molar-refractivity contribution in [3.8, 4) is 27.9 Å². The fourth-order valence-corrected chi connectivity index (χ4v) is 13.1. The normalized spacial score (nSPS) is 14.2. The molecule has 14 aromatic rings. The Balaban J connectivity index is 1.05. The van der Waals surface area contributed by atoms with E-state index in [1.165, 1.54) is 44.2 Å². The Morgan fingerprint density at radius 1 is 0.320 bits per heavy atom. The van der Waals surface area contributed by atoms with Gasteiger partial charge in [0.1, 0.15) is 11.2 Å². The molecule has 0 bridgehead atoms. The van der Waals surface area contributed by atoms with E-state index in [1.807, 2.05) is 0 Å². The van der Waals surface area contributed by atoms with Crippen LogP contribution in [0.15, 0.2) is 277 Å². The van der Waals surface area contributed by atoms with Gasteiger partial charge in [0.2, 0.25) is 0 Å².